The van der Waals surface area contributed by atoms with E-state index in [2.05, 4.69) is 15.0 Å². The van der Waals surface area contributed by atoms with Crippen molar-refractivity contribution >= 4 is 33.7 Å². The summed E-state index contributed by atoms with van der Waals surface area (Å²) in [5.41, 5.74) is -0.449. The molecule has 0 radical (unpaired) electrons. The number of nitrogens with one attached hydrogen (secondary N) is 2. The summed E-state index contributed by atoms with van der Waals surface area (Å²) < 4.78 is 31.2. The average molecular weight is 414 g/mol. The fraction of sp³-hybridized carbons (Fsp3) is 0.556. The molecule has 2 unspecified atom stereocenters. The minimum absolute atomic E-state index is 0.0884. The number of amides is 1. The molecule has 2 atom stereocenters. The number of carbonyl (C=O) groups excluding carboxylic acids is 1. The maximum Gasteiger partial charge on any atom is 0.311 e. The minimum Gasteiger partial charge on any atom is -0.381 e. The lowest BCUT2D eigenvalue weighted by Crippen LogP contribution is -2.51. The van der Waals surface area contributed by atoms with Crippen LogP contribution in [0.25, 0.3) is 0 Å². The monoisotopic (exact) mass is 413 g/mol. The Morgan fingerprint density at radius 1 is 1.33 bits per heavy atom. The molecule has 0 heterocycles. The molecule has 1 rings (SSSR count). The zero-order chi connectivity index (χ0) is 20.3. The summed E-state index contributed by atoms with van der Waals surface area (Å²) in [5, 5.41) is 5.53. The first kappa shape index (κ1) is 23.2. The Morgan fingerprint density at radius 3 is 2.52 bits per heavy atom. The zero-order valence-electron chi connectivity index (χ0n) is 15.9. The van der Waals surface area contributed by atoms with Gasteiger partial charge in [0.25, 0.3) is 0 Å². The Balaban J connectivity index is 3.27. The molecular formula is C18H27N3O4S2. The van der Waals surface area contributed by atoms with Crippen LogP contribution >= 0.6 is 12.2 Å². The van der Waals surface area contributed by atoms with Gasteiger partial charge in [-0.1, -0.05) is 37.3 Å². The van der Waals surface area contributed by atoms with E-state index in [1.54, 1.807) is 26.3 Å². The molecule has 0 fully saturated rings. The van der Waals surface area contributed by atoms with Crippen LogP contribution in [0.3, 0.4) is 0 Å². The van der Waals surface area contributed by atoms with Gasteiger partial charge in [-0.3, -0.25) is 4.79 Å². The van der Waals surface area contributed by atoms with E-state index >= 15 is 0 Å². The summed E-state index contributed by atoms with van der Waals surface area (Å²) >= 11 is 5.06. The smallest absolute Gasteiger partial charge is 0.311 e. The van der Waals surface area contributed by atoms with Crippen molar-refractivity contribution in [2.24, 2.45) is 4.36 Å². The second-order valence-corrected chi connectivity index (χ2v) is 7.24. The molecule has 0 aromatic heterocycles. The van der Waals surface area contributed by atoms with E-state index in [-0.39, 0.29) is 23.7 Å². The normalized spacial score (nSPS) is 13.9. The van der Waals surface area contributed by atoms with Gasteiger partial charge >= 0.3 is 10.5 Å². The van der Waals surface area contributed by atoms with Crippen LogP contribution in [0.5, 0.6) is 0 Å². The third-order valence-corrected chi connectivity index (χ3v) is 5.22. The number of ether oxygens (including phenoxy) is 1. The molecule has 1 aromatic carbocycles. The van der Waals surface area contributed by atoms with Crippen molar-refractivity contribution in [3.63, 3.8) is 0 Å². The maximum atomic E-state index is 13.1. The first-order valence-corrected chi connectivity index (χ1v) is 10.2. The summed E-state index contributed by atoms with van der Waals surface area (Å²) in [6.07, 6.45) is 2.79. The van der Waals surface area contributed by atoms with Crippen LogP contribution in [-0.4, -0.2) is 46.2 Å². The maximum absolute atomic E-state index is 13.1. The van der Waals surface area contributed by atoms with E-state index in [0.717, 1.165) is 12.8 Å². The van der Waals surface area contributed by atoms with Crippen LogP contribution in [0.15, 0.2) is 34.7 Å². The number of thiocarbonyl (C=S) groups is 1. The molecule has 0 saturated carbocycles. The molecule has 9 heteroatoms. The van der Waals surface area contributed by atoms with Gasteiger partial charge in [0.15, 0.2) is 5.11 Å². The van der Waals surface area contributed by atoms with Gasteiger partial charge < -0.3 is 15.4 Å². The fourth-order valence-electron chi connectivity index (χ4n) is 2.96. The van der Waals surface area contributed by atoms with Crippen molar-refractivity contribution in [3.05, 3.63) is 35.9 Å². The average Bonchev–Trinajstić information content (AvgIpc) is 2.68. The van der Waals surface area contributed by atoms with Crippen molar-refractivity contribution in [1.82, 2.24) is 10.6 Å². The van der Waals surface area contributed by atoms with E-state index in [1.165, 1.54) is 0 Å². The molecule has 150 valence electrons. The van der Waals surface area contributed by atoms with Crippen LogP contribution in [0.4, 0.5) is 0 Å². The predicted molar refractivity (Wildman–Crippen MR) is 109 cm³/mol. The Kier molecular flexibility index (Phi) is 10.1. The van der Waals surface area contributed by atoms with E-state index in [0.29, 0.717) is 18.4 Å². The third-order valence-electron chi connectivity index (χ3n) is 4.57. The van der Waals surface area contributed by atoms with Crippen molar-refractivity contribution in [1.29, 1.82) is 0 Å². The Hall–Kier alpha value is -1.84. The van der Waals surface area contributed by atoms with Crippen LogP contribution in [-0.2, 0) is 25.4 Å². The van der Waals surface area contributed by atoms with Gasteiger partial charge in [-0.05, 0) is 43.5 Å². The predicted octanol–water partition coefficient (Wildman–Crippen LogP) is 2.20. The first-order chi connectivity index (χ1) is 12.9. The molecular weight excluding hydrogens is 386 g/mol. The highest BCUT2D eigenvalue weighted by molar-refractivity contribution is 7.80. The summed E-state index contributed by atoms with van der Waals surface area (Å²) in [6.45, 7) is 1.85. The van der Waals surface area contributed by atoms with E-state index in [4.69, 9.17) is 17.0 Å². The van der Waals surface area contributed by atoms with Gasteiger partial charge in [0.1, 0.15) is 0 Å². The van der Waals surface area contributed by atoms with E-state index < -0.39 is 15.9 Å². The highest BCUT2D eigenvalue weighted by atomic mass is 32.2. The molecule has 0 saturated heterocycles. The second-order valence-electron chi connectivity index (χ2n) is 6.14. The molecule has 0 aliphatic rings. The van der Waals surface area contributed by atoms with Gasteiger partial charge in [0, 0.05) is 14.2 Å². The van der Waals surface area contributed by atoms with Crippen LogP contribution < -0.4 is 10.6 Å². The fourth-order valence-corrected chi connectivity index (χ4v) is 3.38. The van der Waals surface area contributed by atoms with E-state index in [1.807, 2.05) is 25.1 Å². The van der Waals surface area contributed by atoms with Crippen LogP contribution in [0, 0.1) is 0 Å². The van der Waals surface area contributed by atoms with E-state index in [9.17, 15) is 13.2 Å². The molecule has 2 N–H and O–H groups in total. The lowest BCUT2D eigenvalue weighted by atomic mass is 9.75. The molecule has 0 bridgehead atoms. The molecule has 1 aromatic rings. The number of carbonyl (C=O) groups is 1. The van der Waals surface area contributed by atoms with Crippen molar-refractivity contribution in [3.8, 4) is 0 Å². The van der Waals surface area contributed by atoms with Gasteiger partial charge in [0.2, 0.25) is 5.91 Å². The highest BCUT2D eigenvalue weighted by Gasteiger charge is 2.40. The molecule has 1 amide bonds. The Labute approximate surface area is 167 Å². The summed E-state index contributed by atoms with van der Waals surface area (Å²) in [7, 11) is 0.652. The minimum atomic E-state index is -2.61. The van der Waals surface area contributed by atoms with Gasteiger partial charge in [-0.25, -0.2) is 0 Å². The van der Waals surface area contributed by atoms with Crippen molar-refractivity contribution in [2.45, 2.75) is 44.1 Å². The SMILES string of the molecule is CCC(CCCC(CN=S(=O)=O)(C(=O)NC(=S)NC)c1ccccc1)OC. The molecule has 27 heavy (non-hydrogen) atoms. The van der Waals surface area contributed by atoms with Crippen LogP contribution in [0.1, 0.15) is 38.2 Å². The Morgan fingerprint density at radius 2 is 2.00 bits per heavy atom. The standard InChI is InChI=1S/C18H27N3O4S2/c1-4-15(25-3)11-8-12-18(13-20-27(23)24,14-9-6-5-7-10-14)16(22)21-17(26)19-2/h5-7,9-10,15H,4,8,11-13H2,1-3H3,(H2,19,21,22,26). The largest absolute Gasteiger partial charge is 0.381 e. The lowest BCUT2D eigenvalue weighted by Gasteiger charge is -2.31. The summed E-state index contributed by atoms with van der Waals surface area (Å²) in [4.78, 5) is 13.1. The number of nitrogens with zero attached hydrogens (tertiary/aromatic N) is 1. The third kappa shape index (κ3) is 7.00. The summed E-state index contributed by atoms with van der Waals surface area (Å²) in [6, 6.07) is 9.07. The molecule has 0 aliphatic heterocycles. The molecule has 7 nitrogen and oxygen atoms in total. The zero-order valence-corrected chi connectivity index (χ0v) is 17.5. The Bertz CT molecular complexity index is 741. The number of benzene rings is 1. The topological polar surface area (TPSA) is 96.9 Å². The number of methoxy groups -OCH3 is 1. The van der Waals surface area contributed by atoms with Gasteiger partial charge in [-0.15, -0.1) is 0 Å². The van der Waals surface area contributed by atoms with Crippen molar-refractivity contribution < 1.29 is 17.9 Å². The number of hydrogen-bond acceptors (Lipinski definition) is 6. The van der Waals surface area contributed by atoms with Crippen LogP contribution in [0.2, 0.25) is 0 Å². The highest BCUT2D eigenvalue weighted by Crippen LogP contribution is 2.32. The van der Waals surface area contributed by atoms with Gasteiger partial charge in [-0.2, -0.15) is 12.8 Å². The number of hydrogen-bond donors (Lipinski definition) is 2. The quantitative estimate of drug-likeness (QED) is 0.571. The first-order valence-electron chi connectivity index (χ1n) is 8.78. The number of rotatable bonds is 10. The summed E-state index contributed by atoms with van der Waals surface area (Å²) in [5.74, 6) is -0.382. The molecule has 0 aliphatic carbocycles. The second kappa shape index (κ2) is 11.8. The van der Waals surface area contributed by atoms with Gasteiger partial charge in [0.05, 0.1) is 18.1 Å². The molecule has 0 spiro atoms. The lowest BCUT2D eigenvalue weighted by molar-refractivity contribution is -0.125. The van der Waals surface area contributed by atoms with Crippen molar-refractivity contribution in [2.75, 3.05) is 20.7 Å².